The van der Waals surface area contributed by atoms with Crippen LogP contribution in [0.2, 0.25) is 0 Å². The molecule has 0 radical (unpaired) electrons. The summed E-state index contributed by atoms with van der Waals surface area (Å²) in [6.45, 7) is 13.7. The van der Waals surface area contributed by atoms with Crippen LogP contribution in [0.3, 0.4) is 0 Å². The van der Waals surface area contributed by atoms with Crippen LogP contribution >= 0.6 is 11.3 Å². The number of amides is 1. The molecule has 0 saturated heterocycles. The number of rotatable bonds is 4. The Bertz CT molecular complexity index is 538. The molecule has 0 aliphatic heterocycles. The molecule has 5 heteroatoms. The van der Waals surface area contributed by atoms with Crippen molar-refractivity contribution in [3.63, 3.8) is 0 Å². The van der Waals surface area contributed by atoms with Gasteiger partial charge in [-0.25, -0.2) is 4.79 Å². The van der Waals surface area contributed by atoms with E-state index in [4.69, 9.17) is 4.74 Å². The van der Waals surface area contributed by atoms with Gasteiger partial charge < -0.3 is 10.1 Å². The van der Waals surface area contributed by atoms with Crippen LogP contribution in [0.25, 0.3) is 0 Å². The van der Waals surface area contributed by atoms with Gasteiger partial charge in [0.05, 0.1) is 12.2 Å². The average molecular weight is 311 g/mol. The predicted octanol–water partition coefficient (Wildman–Crippen LogP) is 4.16. The molecule has 1 amide bonds. The molecule has 1 N–H and O–H groups in total. The van der Waals surface area contributed by atoms with Crippen LogP contribution in [0.15, 0.2) is 0 Å². The van der Waals surface area contributed by atoms with E-state index >= 15 is 0 Å². The molecule has 0 aromatic carbocycles. The largest absolute Gasteiger partial charge is 0.462 e. The van der Waals surface area contributed by atoms with Crippen molar-refractivity contribution in [1.82, 2.24) is 0 Å². The van der Waals surface area contributed by atoms with E-state index in [9.17, 15) is 9.59 Å². The predicted molar refractivity (Wildman–Crippen MR) is 87.0 cm³/mol. The topological polar surface area (TPSA) is 55.4 Å². The summed E-state index contributed by atoms with van der Waals surface area (Å²) in [6.07, 6.45) is 0. The molecule has 1 heterocycles. The molecule has 0 fully saturated rings. The minimum absolute atomic E-state index is 0.110. The van der Waals surface area contributed by atoms with Gasteiger partial charge in [0, 0.05) is 10.3 Å². The highest BCUT2D eigenvalue weighted by Crippen LogP contribution is 2.34. The normalized spacial score (nSPS) is 11.6. The van der Waals surface area contributed by atoms with E-state index < -0.39 is 5.41 Å². The summed E-state index contributed by atoms with van der Waals surface area (Å²) in [7, 11) is 0. The van der Waals surface area contributed by atoms with Gasteiger partial charge in [-0.2, -0.15) is 0 Å². The van der Waals surface area contributed by atoms with E-state index in [0.717, 1.165) is 10.4 Å². The van der Waals surface area contributed by atoms with Crippen LogP contribution in [0, 0.1) is 25.2 Å². The van der Waals surface area contributed by atoms with Gasteiger partial charge in [-0.15, -0.1) is 11.3 Å². The number of carbonyl (C=O) groups is 2. The Morgan fingerprint density at radius 1 is 1.24 bits per heavy atom. The second-order valence-electron chi connectivity index (χ2n) is 6.68. The van der Waals surface area contributed by atoms with Crippen molar-refractivity contribution >= 4 is 28.2 Å². The number of hydrogen-bond donors (Lipinski definition) is 1. The minimum Gasteiger partial charge on any atom is -0.462 e. The van der Waals surface area contributed by atoms with Crippen LogP contribution in [0.4, 0.5) is 5.00 Å². The average Bonchev–Trinajstić information content (AvgIpc) is 2.61. The number of esters is 1. The van der Waals surface area contributed by atoms with E-state index in [1.807, 2.05) is 48.5 Å². The van der Waals surface area contributed by atoms with E-state index in [1.54, 1.807) is 0 Å². The fraction of sp³-hybridized carbons (Fsp3) is 0.625. The molecule has 0 atom stereocenters. The first-order valence-corrected chi connectivity index (χ1v) is 7.94. The summed E-state index contributed by atoms with van der Waals surface area (Å²) >= 11 is 1.42. The fourth-order valence-corrected chi connectivity index (χ4v) is 2.61. The zero-order valence-corrected chi connectivity index (χ0v) is 14.7. The van der Waals surface area contributed by atoms with Crippen molar-refractivity contribution in [2.24, 2.45) is 11.3 Å². The maximum absolute atomic E-state index is 12.3. The molecule has 0 saturated carbocycles. The van der Waals surface area contributed by atoms with Crippen LogP contribution in [0.5, 0.6) is 0 Å². The summed E-state index contributed by atoms with van der Waals surface area (Å²) in [6, 6.07) is 0. The molecular formula is C16H25NO3S. The number of carbonyl (C=O) groups excluding carboxylic acids is 2. The van der Waals surface area contributed by atoms with Crippen molar-refractivity contribution in [2.45, 2.75) is 48.5 Å². The highest BCUT2D eigenvalue weighted by Gasteiger charge is 2.26. The number of hydrogen-bond acceptors (Lipinski definition) is 4. The second-order valence-corrected chi connectivity index (χ2v) is 7.91. The van der Waals surface area contributed by atoms with Crippen molar-refractivity contribution in [1.29, 1.82) is 0 Å². The molecule has 0 bridgehead atoms. The summed E-state index contributed by atoms with van der Waals surface area (Å²) < 4.78 is 5.31. The molecular weight excluding hydrogens is 286 g/mol. The van der Waals surface area contributed by atoms with Crippen molar-refractivity contribution in [3.05, 3.63) is 16.0 Å². The van der Waals surface area contributed by atoms with Gasteiger partial charge >= 0.3 is 5.97 Å². The number of ether oxygens (including phenoxy) is 1. The Hall–Kier alpha value is -1.36. The Morgan fingerprint density at radius 2 is 1.81 bits per heavy atom. The summed E-state index contributed by atoms with van der Waals surface area (Å²) in [5.41, 5.74) is 0.846. The van der Waals surface area contributed by atoms with E-state index in [0.29, 0.717) is 17.2 Å². The smallest absolute Gasteiger partial charge is 0.341 e. The third-order valence-corrected chi connectivity index (χ3v) is 4.17. The first kappa shape index (κ1) is 17.7. The Labute approximate surface area is 130 Å². The number of nitrogens with one attached hydrogen (secondary N) is 1. The minimum atomic E-state index is -0.509. The number of thiophene rings is 1. The molecule has 21 heavy (non-hydrogen) atoms. The Morgan fingerprint density at radius 3 is 2.29 bits per heavy atom. The Balaban J connectivity index is 3.03. The maximum atomic E-state index is 12.3. The van der Waals surface area contributed by atoms with Crippen molar-refractivity contribution in [3.8, 4) is 0 Å². The van der Waals surface area contributed by atoms with E-state index in [1.165, 1.54) is 11.3 Å². The van der Waals surface area contributed by atoms with Gasteiger partial charge in [-0.1, -0.05) is 34.6 Å². The van der Waals surface area contributed by atoms with Crippen LogP contribution in [0.1, 0.15) is 55.4 Å². The quantitative estimate of drug-likeness (QED) is 0.849. The summed E-state index contributed by atoms with van der Waals surface area (Å²) in [5.74, 6) is -0.196. The summed E-state index contributed by atoms with van der Waals surface area (Å²) in [4.78, 5) is 25.4. The number of aryl methyl sites for hydroxylation is 1. The standard InChI is InChI=1S/C16H25NO3S/c1-9(2)8-20-14(18)12-10(3)11(4)21-13(12)17-15(19)16(5,6)7/h9H,8H2,1-7H3,(H,17,19). The molecule has 4 nitrogen and oxygen atoms in total. The summed E-state index contributed by atoms with van der Waals surface area (Å²) in [5, 5.41) is 3.44. The molecule has 1 aromatic rings. The van der Waals surface area contributed by atoms with E-state index in [-0.39, 0.29) is 17.8 Å². The van der Waals surface area contributed by atoms with Gasteiger partial charge in [0.15, 0.2) is 0 Å². The maximum Gasteiger partial charge on any atom is 0.341 e. The molecule has 118 valence electrons. The zero-order valence-electron chi connectivity index (χ0n) is 13.9. The van der Waals surface area contributed by atoms with Crippen LogP contribution < -0.4 is 5.32 Å². The third kappa shape index (κ3) is 4.56. The number of anilines is 1. The van der Waals surface area contributed by atoms with E-state index in [2.05, 4.69) is 5.32 Å². The van der Waals surface area contributed by atoms with Crippen LogP contribution in [-0.2, 0) is 9.53 Å². The Kier molecular flexibility index (Phi) is 5.56. The lowest BCUT2D eigenvalue weighted by molar-refractivity contribution is -0.123. The monoisotopic (exact) mass is 311 g/mol. The lowest BCUT2D eigenvalue weighted by Crippen LogP contribution is -2.28. The lowest BCUT2D eigenvalue weighted by Gasteiger charge is -2.17. The van der Waals surface area contributed by atoms with Gasteiger partial charge in [0.25, 0.3) is 0 Å². The highest BCUT2D eigenvalue weighted by atomic mass is 32.1. The zero-order chi connectivity index (χ0) is 16.4. The lowest BCUT2D eigenvalue weighted by atomic mass is 9.96. The van der Waals surface area contributed by atoms with Crippen molar-refractivity contribution < 1.29 is 14.3 Å². The van der Waals surface area contributed by atoms with Gasteiger partial charge in [0.1, 0.15) is 5.00 Å². The molecule has 0 unspecified atom stereocenters. The molecule has 1 rings (SSSR count). The fourth-order valence-electron chi connectivity index (χ4n) is 1.57. The molecule has 0 spiro atoms. The van der Waals surface area contributed by atoms with Gasteiger partial charge in [-0.05, 0) is 25.3 Å². The molecule has 0 aliphatic carbocycles. The second kappa shape index (κ2) is 6.60. The first-order chi connectivity index (χ1) is 9.54. The van der Waals surface area contributed by atoms with Gasteiger partial charge in [0.2, 0.25) is 5.91 Å². The first-order valence-electron chi connectivity index (χ1n) is 7.12. The third-order valence-electron chi connectivity index (χ3n) is 3.05. The van der Waals surface area contributed by atoms with Crippen LogP contribution in [-0.4, -0.2) is 18.5 Å². The van der Waals surface area contributed by atoms with Crippen molar-refractivity contribution in [2.75, 3.05) is 11.9 Å². The van der Waals surface area contributed by atoms with Gasteiger partial charge in [-0.3, -0.25) is 4.79 Å². The SMILES string of the molecule is Cc1sc(NC(=O)C(C)(C)C)c(C(=O)OCC(C)C)c1C. The molecule has 0 aliphatic rings. The highest BCUT2D eigenvalue weighted by molar-refractivity contribution is 7.16. The molecule has 1 aromatic heterocycles.